The number of carbonyl (C=O) groups is 1. The predicted octanol–water partition coefficient (Wildman–Crippen LogP) is 6.45. The Bertz CT molecular complexity index is 1140. The third kappa shape index (κ3) is 4.04. The molecule has 1 fully saturated rings. The molecule has 0 radical (unpaired) electrons. The number of nitrogens with one attached hydrogen (secondary N) is 1. The Morgan fingerprint density at radius 2 is 1.77 bits per heavy atom. The summed E-state index contributed by atoms with van der Waals surface area (Å²) in [4.78, 5) is 20.6. The monoisotopic (exact) mass is 415 g/mol. The highest BCUT2D eigenvalue weighted by Gasteiger charge is 2.23. The van der Waals surface area contributed by atoms with Crippen molar-refractivity contribution in [3.8, 4) is 11.6 Å². The van der Waals surface area contributed by atoms with Crippen molar-refractivity contribution in [3.05, 3.63) is 72.4 Å². The Kier molecular flexibility index (Phi) is 5.15. The summed E-state index contributed by atoms with van der Waals surface area (Å²) in [6.45, 7) is 0. The van der Waals surface area contributed by atoms with E-state index >= 15 is 0 Å². The van der Waals surface area contributed by atoms with E-state index in [1.807, 2.05) is 48.5 Å². The molecule has 1 N–H and O–H groups in total. The lowest BCUT2D eigenvalue weighted by atomic mass is 9.84. The average Bonchev–Trinajstić information content (AvgIpc) is 3.18. The molecule has 6 heteroatoms. The molecule has 1 aliphatic rings. The first kappa shape index (κ1) is 18.8. The topological polar surface area (TPSA) is 64.1 Å². The first-order valence-corrected chi connectivity index (χ1v) is 10.9. The van der Waals surface area contributed by atoms with Gasteiger partial charge in [-0.1, -0.05) is 29.5 Å². The van der Waals surface area contributed by atoms with Crippen LogP contribution in [0, 0.1) is 0 Å². The molecule has 2 heterocycles. The van der Waals surface area contributed by atoms with Crippen LogP contribution in [0.15, 0.2) is 66.9 Å². The van der Waals surface area contributed by atoms with Crippen molar-refractivity contribution in [2.24, 2.45) is 0 Å². The van der Waals surface area contributed by atoms with Gasteiger partial charge < -0.3 is 10.1 Å². The van der Waals surface area contributed by atoms with Gasteiger partial charge in [-0.05, 0) is 61.2 Å². The molecule has 0 aliphatic heterocycles. The molecular weight excluding hydrogens is 394 g/mol. The summed E-state index contributed by atoms with van der Waals surface area (Å²) in [5.74, 6) is 2.04. The second-order valence-electron chi connectivity index (χ2n) is 7.45. The lowest BCUT2D eigenvalue weighted by Crippen LogP contribution is -2.13. The number of ketones is 1. The Labute approximate surface area is 178 Å². The van der Waals surface area contributed by atoms with E-state index in [1.165, 1.54) is 0 Å². The molecule has 5 nitrogen and oxygen atoms in total. The van der Waals surface area contributed by atoms with Crippen LogP contribution in [0.4, 0.5) is 10.8 Å². The second-order valence-corrected chi connectivity index (χ2v) is 8.48. The lowest BCUT2D eigenvalue weighted by Gasteiger charge is -2.22. The molecule has 0 spiro atoms. The summed E-state index contributed by atoms with van der Waals surface area (Å²) in [5, 5.41) is 4.22. The third-order valence-electron chi connectivity index (χ3n) is 5.40. The van der Waals surface area contributed by atoms with Crippen molar-refractivity contribution in [2.75, 3.05) is 5.32 Å². The van der Waals surface area contributed by atoms with Crippen molar-refractivity contribution in [1.29, 1.82) is 0 Å². The number of para-hydroxylation sites is 1. The van der Waals surface area contributed by atoms with Crippen molar-refractivity contribution >= 4 is 38.2 Å². The van der Waals surface area contributed by atoms with Crippen LogP contribution in [0.25, 0.3) is 10.2 Å². The van der Waals surface area contributed by atoms with Crippen LogP contribution < -0.4 is 10.1 Å². The van der Waals surface area contributed by atoms with Crippen molar-refractivity contribution in [3.63, 3.8) is 0 Å². The molecule has 150 valence electrons. The first-order chi connectivity index (χ1) is 14.7. The summed E-state index contributed by atoms with van der Waals surface area (Å²) in [7, 11) is 0. The van der Waals surface area contributed by atoms with Gasteiger partial charge in [0.1, 0.15) is 11.5 Å². The van der Waals surface area contributed by atoms with Crippen molar-refractivity contribution in [2.45, 2.75) is 31.6 Å². The highest BCUT2D eigenvalue weighted by molar-refractivity contribution is 7.22. The average molecular weight is 416 g/mol. The number of anilines is 2. The maximum Gasteiger partial charge on any atom is 0.222 e. The number of benzene rings is 2. The Balaban J connectivity index is 1.30. The van der Waals surface area contributed by atoms with Gasteiger partial charge in [-0.2, -0.15) is 0 Å². The molecular formula is C24H21N3O2S. The summed E-state index contributed by atoms with van der Waals surface area (Å²) in [6, 6.07) is 19.9. The lowest BCUT2D eigenvalue weighted by molar-refractivity contribution is -0.120. The normalized spacial score (nSPS) is 14.7. The number of fused-ring (bicyclic) bond motifs is 1. The van der Waals surface area contributed by atoms with Crippen LogP contribution in [-0.2, 0) is 4.79 Å². The number of pyridine rings is 1. The fourth-order valence-electron chi connectivity index (χ4n) is 3.82. The number of Topliss-reactive ketones (excluding diaryl/α,β-unsaturated/α-hetero) is 1. The Morgan fingerprint density at radius 1 is 0.967 bits per heavy atom. The SMILES string of the molecule is O=C1CCC(c2cccnc2Oc2ccc(Nc3nc4ccccc4s3)cc2)CC1. The molecule has 1 aliphatic carbocycles. The van der Waals surface area contributed by atoms with Gasteiger partial charge >= 0.3 is 0 Å². The van der Waals surface area contributed by atoms with Gasteiger partial charge in [0.25, 0.3) is 0 Å². The minimum atomic E-state index is 0.325. The number of thiazole rings is 1. The van der Waals surface area contributed by atoms with Crippen LogP contribution in [0.5, 0.6) is 11.6 Å². The van der Waals surface area contributed by atoms with E-state index in [2.05, 4.69) is 27.4 Å². The standard InChI is InChI=1S/C24H21N3O2S/c28-18-11-7-16(8-12-18)20-4-3-15-25-23(20)29-19-13-9-17(10-14-19)26-24-27-21-5-1-2-6-22(21)30-24/h1-6,9-10,13-16H,7-8,11-12H2,(H,26,27). The van der Waals surface area contributed by atoms with E-state index in [0.717, 1.165) is 45.2 Å². The summed E-state index contributed by atoms with van der Waals surface area (Å²) in [5.41, 5.74) is 3.03. The van der Waals surface area contributed by atoms with Gasteiger partial charge in [-0.3, -0.25) is 4.79 Å². The molecule has 0 bridgehead atoms. The minimum Gasteiger partial charge on any atom is -0.439 e. The fraction of sp³-hybridized carbons (Fsp3) is 0.208. The first-order valence-electron chi connectivity index (χ1n) is 10.1. The second kappa shape index (κ2) is 8.24. The Hall–Kier alpha value is -3.25. The maximum atomic E-state index is 11.6. The zero-order chi connectivity index (χ0) is 20.3. The number of rotatable bonds is 5. The van der Waals surface area contributed by atoms with Crippen LogP contribution in [0.3, 0.4) is 0 Å². The molecule has 0 saturated heterocycles. The quantitative estimate of drug-likeness (QED) is 0.405. The highest BCUT2D eigenvalue weighted by Crippen LogP contribution is 2.37. The zero-order valence-electron chi connectivity index (χ0n) is 16.4. The van der Waals surface area contributed by atoms with Gasteiger partial charge in [0.05, 0.1) is 10.2 Å². The summed E-state index contributed by atoms with van der Waals surface area (Å²) >= 11 is 1.63. The van der Waals surface area contributed by atoms with Gasteiger partial charge in [0, 0.05) is 30.3 Å². The van der Waals surface area contributed by atoms with E-state index < -0.39 is 0 Å². The molecule has 30 heavy (non-hydrogen) atoms. The van der Waals surface area contributed by atoms with E-state index in [0.29, 0.717) is 30.4 Å². The zero-order valence-corrected chi connectivity index (χ0v) is 17.2. The van der Waals surface area contributed by atoms with Gasteiger partial charge in [-0.25, -0.2) is 9.97 Å². The molecule has 0 unspecified atom stereocenters. The number of ether oxygens (including phenoxy) is 1. The Morgan fingerprint density at radius 3 is 2.57 bits per heavy atom. The number of hydrogen-bond acceptors (Lipinski definition) is 6. The molecule has 4 aromatic rings. The van der Waals surface area contributed by atoms with Crippen LogP contribution in [-0.4, -0.2) is 15.8 Å². The van der Waals surface area contributed by atoms with Crippen molar-refractivity contribution in [1.82, 2.24) is 9.97 Å². The van der Waals surface area contributed by atoms with Crippen LogP contribution in [0.2, 0.25) is 0 Å². The molecule has 0 atom stereocenters. The molecule has 5 rings (SSSR count). The number of carbonyl (C=O) groups excluding carboxylic acids is 1. The van der Waals surface area contributed by atoms with Gasteiger partial charge in [-0.15, -0.1) is 0 Å². The maximum absolute atomic E-state index is 11.6. The van der Waals surface area contributed by atoms with Crippen LogP contribution >= 0.6 is 11.3 Å². The van der Waals surface area contributed by atoms with Gasteiger partial charge in [0.2, 0.25) is 5.88 Å². The summed E-state index contributed by atoms with van der Waals surface area (Å²) in [6.07, 6.45) is 4.77. The highest BCUT2D eigenvalue weighted by atomic mass is 32.1. The third-order valence-corrected chi connectivity index (χ3v) is 6.35. The number of aromatic nitrogens is 2. The van der Waals surface area contributed by atoms with E-state index in [-0.39, 0.29) is 0 Å². The van der Waals surface area contributed by atoms with E-state index in [1.54, 1.807) is 17.5 Å². The fourth-order valence-corrected chi connectivity index (χ4v) is 4.70. The predicted molar refractivity (Wildman–Crippen MR) is 120 cm³/mol. The summed E-state index contributed by atoms with van der Waals surface area (Å²) < 4.78 is 7.27. The smallest absolute Gasteiger partial charge is 0.222 e. The molecule has 2 aromatic heterocycles. The molecule has 1 saturated carbocycles. The van der Waals surface area contributed by atoms with Crippen molar-refractivity contribution < 1.29 is 9.53 Å². The van der Waals surface area contributed by atoms with E-state index in [9.17, 15) is 4.79 Å². The van der Waals surface area contributed by atoms with Gasteiger partial charge in [0.15, 0.2) is 5.13 Å². The minimum absolute atomic E-state index is 0.325. The molecule has 2 aromatic carbocycles. The largest absolute Gasteiger partial charge is 0.439 e. The number of hydrogen-bond donors (Lipinski definition) is 1. The molecule has 0 amide bonds. The van der Waals surface area contributed by atoms with Crippen LogP contribution in [0.1, 0.15) is 37.2 Å². The van der Waals surface area contributed by atoms with E-state index in [4.69, 9.17) is 4.74 Å². The number of nitrogens with zero attached hydrogens (tertiary/aromatic N) is 2.